The molecule has 0 atom stereocenters. The van der Waals surface area contributed by atoms with E-state index in [0.717, 1.165) is 12.1 Å². The SMILES string of the molecule is CCc1c(C(=O)N2CCCN(C(=O)OCC(C)C)CC2)cnn1-c1ccccn1. The maximum atomic E-state index is 13.2. The van der Waals surface area contributed by atoms with E-state index >= 15 is 0 Å². The summed E-state index contributed by atoms with van der Waals surface area (Å²) in [6.45, 7) is 8.57. The van der Waals surface area contributed by atoms with Gasteiger partial charge in [-0.2, -0.15) is 5.10 Å². The highest BCUT2D eigenvalue weighted by Crippen LogP contribution is 2.17. The summed E-state index contributed by atoms with van der Waals surface area (Å²) in [6, 6.07) is 5.61. The predicted molar refractivity (Wildman–Crippen MR) is 109 cm³/mol. The fourth-order valence-electron chi connectivity index (χ4n) is 3.37. The van der Waals surface area contributed by atoms with Crippen molar-refractivity contribution in [2.24, 2.45) is 5.92 Å². The molecule has 0 unspecified atom stereocenters. The lowest BCUT2D eigenvalue weighted by Gasteiger charge is -2.22. The molecule has 0 radical (unpaired) electrons. The number of rotatable bonds is 5. The Hall–Kier alpha value is -2.90. The van der Waals surface area contributed by atoms with Crippen LogP contribution in [0.5, 0.6) is 0 Å². The van der Waals surface area contributed by atoms with Gasteiger partial charge in [0.1, 0.15) is 0 Å². The normalized spacial score (nSPS) is 14.8. The van der Waals surface area contributed by atoms with Crippen molar-refractivity contribution in [1.82, 2.24) is 24.6 Å². The highest BCUT2D eigenvalue weighted by atomic mass is 16.6. The summed E-state index contributed by atoms with van der Waals surface area (Å²) in [5, 5.41) is 4.40. The lowest BCUT2D eigenvalue weighted by Crippen LogP contribution is -2.38. The minimum absolute atomic E-state index is 0.0542. The molecule has 29 heavy (non-hydrogen) atoms. The van der Waals surface area contributed by atoms with Gasteiger partial charge >= 0.3 is 6.09 Å². The van der Waals surface area contributed by atoms with Crippen LogP contribution < -0.4 is 0 Å². The number of aromatic nitrogens is 3. The van der Waals surface area contributed by atoms with E-state index < -0.39 is 0 Å². The fraction of sp³-hybridized carbons (Fsp3) is 0.524. The molecule has 0 N–H and O–H groups in total. The second-order valence-corrected chi connectivity index (χ2v) is 7.56. The molecular weight excluding hydrogens is 370 g/mol. The van der Waals surface area contributed by atoms with Gasteiger partial charge in [-0.15, -0.1) is 0 Å². The van der Waals surface area contributed by atoms with Gasteiger partial charge in [-0.3, -0.25) is 4.79 Å². The number of carbonyl (C=O) groups is 2. The molecule has 1 saturated heterocycles. The third-order valence-corrected chi connectivity index (χ3v) is 4.88. The van der Waals surface area contributed by atoms with Gasteiger partial charge in [0.2, 0.25) is 0 Å². The Morgan fingerprint density at radius 3 is 2.59 bits per heavy atom. The second-order valence-electron chi connectivity index (χ2n) is 7.56. The summed E-state index contributed by atoms with van der Waals surface area (Å²) in [7, 11) is 0. The molecule has 1 aliphatic rings. The molecular formula is C21H29N5O3. The van der Waals surface area contributed by atoms with Crippen molar-refractivity contribution < 1.29 is 14.3 Å². The quantitative estimate of drug-likeness (QED) is 0.772. The number of nitrogens with zero attached hydrogens (tertiary/aromatic N) is 5. The van der Waals surface area contributed by atoms with E-state index in [9.17, 15) is 9.59 Å². The summed E-state index contributed by atoms with van der Waals surface area (Å²) in [5.41, 5.74) is 1.43. The van der Waals surface area contributed by atoms with Crippen molar-refractivity contribution in [2.45, 2.75) is 33.6 Å². The first-order valence-corrected chi connectivity index (χ1v) is 10.2. The van der Waals surface area contributed by atoms with Gasteiger partial charge in [-0.1, -0.05) is 26.8 Å². The van der Waals surface area contributed by atoms with Crippen molar-refractivity contribution in [1.29, 1.82) is 0 Å². The monoisotopic (exact) mass is 399 g/mol. The fourth-order valence-corrected chi connectivity index (χ4v) is 3.37. The molecule has 0 aliphatic carbocycles. The predicted octanol–water partition coefficient (Wildman–Crippen LogP) is 2.77. The number of amides is 2. The van der Waals surface area contributed by atoms with Gasteiger partial charge in [0.05, 0.1) is 24.1 Å². The van der Waals surface area contributed by atoms with Gasteiger partial charge in [0.25, 0.3) is 5.91 Å². The maximum absolute atomic E-state index is 13.2. The van der Waals surface area contributed by atoms with Crippen LogP contribution in [-0.4, -0.2) is 69.4 Å². The van der Waals surface area contributed by atoms with Crippen molar-refractivity contribution in [3.8, 4) is 5.82 Å². The lowest BCUT2D eigenvalue weighted by atomic mass is 10.1. The van der Waals surface area contributed by atoms with E-state index in [2.05, 4.69) is 10.1 Å². The van der Waals surface area contributed by atoms with Crippen LogP contribution in [0, 0.1) is 5.92 Å². The van der Waals surface area contributed by atoms with Gasteiger partial charge in [-0.25, -0.2) is 14.5 Å². The Labute approximate surface area is 171 Å². The minimum atomic E-state index is -0.301. The van der Waals surface area contributed by atoms with Crippen molar-refractivity contribution in [3.05, 3.63) is 41.9 Å². The van der Waals surface area contributed by atoms with Gasteiger partial charge < -0.3 is 14.5 Å². The Bertz CT molecular complexity index is 834. The Morgan fingerprint density at radius 2 is 1.90 bits per heavy atom. The van der Waals surface area contributed by atoms with Crippen molar-refractivity contribution >= 4 is 12.0 Å². The summed E-state index contributed by atoms with van der Waals surface area (Å²) in [4.78, 5) is 33.3. The van der Waals surface area contributed by atoms with Gasteiger partial charge in [0.15, 0.2) is 5.82 Å². The molecule has 3 rings (SSSR count). The van der Waals surface area contributed by atoms with Crippen LogP contribution in [0.1, 0.15) is 43.2 Å². The summed E-state index contributed by atoms with van der Waals surface area (Å²) < 4.78 is 7.05. The van der Waals surface area contributed by atoms with Crippen LogP contribution in [-0.2, 0) is 11.2 Å². The third-order valence-electron chi connectivity index (χ3n) is 4.88. The molecule has 2 aromatic heterocycles. The molecule has 156 valence electrons. The zero-order chi connectivity index (χ0) is 20.8. The average molecular weight is 399 g/mol. The lowest BCUT2D eigenvalue weighted by molar-refractivity contribution is 0.0745. The molecule has 0 spiro atoms. The standard InChI is InChI=1S/C21H29N5O3/c1-4-18-17(14-23-26(18)19-8-5-6-9-22-19)20(27)24-10-7-11-25(13-12-24)21(28)29-15-16(2)3/h5-6,8-9,14,16H,4,7,10-13,15H2,1-3H3. The van der Waals surface area contributed by atoms with E-state index in [-0.39, 0.29) is 12.0 Å². The molecule has 2 aromatic rings. The number of hydrogen-bond donors (Lipinski definition) is 0. The van der Waals surface area contributed by atoms with E-state index in [1.54, 1.807) is 26.9 Å². The van der Waals surface area contributed by atoms with Crippen molar-refractivity contribution in [2.75, 3.05) is 32.8 Å². The van der Waals surface area contributed by atoms with Crippen LogP contribution in [0.25, 0.3) is 5.82 Å². The van der Waals surface area contributed by atoms with Crippen LogP contribution in [0.15, 0.2) is 30.6 Å². The molecule has 3 heterocycles. The molecule has 8 heteroatoms. The van der Waals surface area contributed by atoms with E-state index in [0.29, 0.717) is 56.5 Å². The Balaban J connectivity index is 1.70. The van der Waals surface area contributed by atoms with Gasteiger partial charge in [0, 0.05) is 32.4 Å². The molecule has 8 nitrogen and oxygen atoms in total. The van der Waals surface area contributed by atoms with Crippen LogP contribution in [0.2, 0.25) is 0 Å². The van der Waals surface area contributed by atoms with Crippen LogP contribution in [0.3, 0.4) is 0 Å². The first-order chi connectivity index (χ1) is 14.0. The van der Waals surface area contributed by atoms with Crippen LogP contribution >= 0.6 is 0 Å². The average Bonchev–Trinajstić information content (AvgIpc) is 3.01. The molecule has 1 aliphatic heterocycles. The zero-order valence-electron chi connectivity index (χ0n) is 17.4. The summed E-state index contributed by atoms with van der Waals surface area (Å²) >= 11 is 0. The van der Waals surface area contributed by atoms with E-state index in [4.69, 9.17) is 4.74 Å². The highest BCUT2D eigenvalue weighted by Gasteiger charge is 2.26. The smallest absolute Gasteiger partial charge is 0.409 e. The third kappa shape index (κ3) is 4.93. The molecule has 1 fully saturated rings. The maximum Gasteiger partial charge on any atom is 0.409 e. The van der Waals surface area contributed by atoms with Crippen molar-refractivity contribution in [3.63, 3.8) is 0 Å². The van der Waals surface area contributed by atoms with E-state index in [1.165, 1.54) is 0 Å². The first kappa shape index (κ1) is 20.8. The largest absolute Gasteiger partial charge is 0.449 e. The molecule has 2 amide bonds. The molecule has 0 bridgehead atoms. The highest BCUT2D eigenvalue weighted by molar-refractivity contribution is 5.95. The number of carbonyl (C=O) groups excluding carboxylic acids is 2. The number of hydrogen-bond acceptors (Lipinski definition) is 5. The zero-order valence-corrected chi connectivity index (χ0v) is 17.4. The topological polar surface area (TPSA) is 80.6 Å². The molecule has 0 aromatic carbocycles. The van der Waals surface area contributed by atoms with Crippen LogP contribution in [0.4, 0.5) is 4.79 Å². The first-order valence-electron chi connectivity index (χ1n) is 10.2. The minimum Gasteiger partial charge on any atom is -0.449 e. The Morgan fingerprint density at radius 1 is 1.14 bits per heavy atom. The summed E-state index contributed by atoms with van der Waals surface area (Å²) in [6.07, 6.45) is 4.41. The number of ether oxygens (including phenoxy) is 1. The number of pyridine rings is 1. The second kappa shape index (κ2) is 9.54. The van der Waals surface area contributed by atoms with E-state index in [1.807, 2.05) is 39.0 Å². The molecule has 0 saturated carbocycles. The van der Waals surface area contributed by atoms with Gasteiger partial charge in [-0.05, 0) is 30.9 Å². The summed E-state index contributed by atoms with van der Waals surface area (Å²) in [5.74, 6) is 0.937. The Kier molecular flexibility index (Phi) is 6.85.